The lowest BCUT2D eigenvalue weighted by atomic mass is 9.87. The van der Waals surface area contributed by atoms with E-state index in [-0.39, 0.29) is 17.2 Å². The molecule has 0 fully saturated rings. The van der Waals surface area contributed by atoms with Crippen molar-refractivity contribution < 1.29 is 9.47 Å². The van der Waals surface area contributed by atoms with E-state index < -0.39 is 5.60 Å². The molecule has 3 aromatic carbocycles. The third-order valence-corrected chi connectivity index (χ3v) is 8.14. The van der Waals surface area contributed by atoms with Crippen LogP contribution in [0.3, 0.4) is 0 Å². The maximum absolute atomic E-state index is 9.54. The zero-order valence-corrected chi connectivity index (χ0v) is 27.1. The molecule has 6 heteroatoms. The summed E-state index contributed by atoms with van der Waals surface area (Å²) in [5.41, 5.74) is 4.53. The Kier molecular flexibility index (Phi) is 11.6. The van der Waals surface area contributed by atoms with Crippen molar-refractivity contribution in [1.29, 1.82) is 5.26 Å². The zero-order chi connectivity index (χ0) is 32.9. The molecule has 0 saturated heterocycles. The second-order valence-corrected chi connectivity index (χ2v) is 11.2. The second-order valence-electron chi connectivity index (χ2n) is 11.2. The molecule has 6 nitrogen and oxygen atoms in total. The van der Waals surface area contributed by atoms with Crippen LogP contribution in [-0.2, 0) is 10.3 Å². The molecule has 0 saturated carbocycles. The van der Waals surface area contributed by atoms with Crippen molar-refractivity contribution in [3.05, 3.63) is 147 Å². The molecule has 0 radical (unpaired) electrons. The number of allylic oxidation sites excluding steroid dienone is 1. The van der Waals surface area contributed by atoms with Crippen molar-refractivity contribution in [3.8, 4) is 11.8 Å². The first-order valence-electron chi connectivity index (χ1n) is 15.7. The van der Waals surface area contributed by atoms with E-state index in [1.165, 1.54) is 31.4 Å². The van der Waals surface area contributed by atoms with Crippen LogP contribution in [0.2, 0.25) is 0 Å². The number of hydrogen-bond donors (Lipinski definition) is 0. The molecule has 46 heavy (non-hydrogen) atoms. The molecule has 3 aromatic rings. The summed E-state index contributed by atoms with van der Waals surface area (Å²) in [6.45, 7) is 23.7. The monoisotopic (exact) mass is 608 g/mol. The number of nitriles is 1. The van der Waals surface area contributed by atoms with Gasteiger partial charge in [-0.2, -0.15) is 0 Å². The third-order valence-electron chi connectivity index (χ3n) is 8.14. The normalized spacial score (nSPS) is 17.0. The van der Waals surface area contributed by atoms with Crippen molar-refractivity contribution in [1.82, 2.24) is 0 Å². The highest BCUT2D eigenvalue weighted by molar-refractivity contribution is 5.75. The molecule has 4 rings (SSSR count). The molecule has 0 aromatic heterocycles. The average molecular weight is 609 g/mol. The average Bonchev–Trinajstić information content (AvgIpc) is 3.39. The van der Waals surface area contributed by atoms with E-state index >= 15 is 0 Å². The van der Waals surface area contributed by atoms with Crippen LogP contribution in [0.5, 0.6) is 5.75 Å². The first kappa shape index (κ1) is 33.4. The minimum atomic E-state index is -1.03. The SMILES string of the molecule is [C-]#[N+]C1=C(/C=C/c2ccc(/C=C/c3ccc(N(CCCC)CCCC)cc3OC)cc2)C(C)(c2ccccc2)O/C1=C(\C#N)[N+]#[C-]. The first-order valence-corrected chi connectivity index (χ1v) is 15.7. The highest BCUT2D eigenvalue weighted by Crippen LogP contribution is 2.48. The molecule has 232 valence electrons. The molecule has 0 amide bonds. The van der Waals surface area contributed by atoms with Gasteiger partial charge in [-0.1, -0.05) is 106 Å². The van der Waals surface area contributed by atoms with E-state index in [0.29, 0.717) is 5.57 Å². The molecular formula is C40H40N4O2. The molecule has 1 unspecified atom stereocenters. The summed E-state index contributed by atoms with van der Waals surface area (Å²) >= 11 is 0. The van der Waals surface area contributed by atoms with Crippen molar-refractivity contribution in [2.75, 3.05) is 25.1 Å². The Morgan fingerprint density at radius 3 is 2.09 bits per heavy atom. The minimum absolute atomic E-state index is 0.0251. The van der Waals surface area contributed by atoms with Crippen LogP contribution < -0.4 is 9.64 Å². The lowest BCUT2D eigenvalue weighted by molar-refractivity contribution is 0.0753. The second kappa shape index (κ2) is 16.0. The number of methoxy groups -OCH3 is 1. The largest absolute Gasteiger partial charge is 0.500 e. The first-order chi connectivity index (χ1) is 22.4. The van der Waals surface area contributed by atoms with E-state index in [1.54, 1.807) is 7.11 Å². The summed E-state index contributed by atoms with van der Waals surface area (Å²) in [4.78, 5) is 9.47. The van der Waals surface area contributed by atoms with Crippen LogP contribution in [0, 0.1) is 24.5 Å². The summed E-state index contributed by atoms with van der Waals surface area (Å²) in [6.07, 6.45) is 12.6. The number of ether oxygens (including phenoxy) is 2. The lowest BCUT2D eigenvalue weighted by Crippen LogP contribution is -2.25. The predicted octanol–water partition coefficient (Wildman–Crippen LogP) is 10.1. The fourth-order valence-electron chi connectivity index (χ4n) is 5.45. The van der Waals surface area contributed by atoms with E-state index in [0.717, 1.165) is 41.1 Å². The van der Waals surface area contributed by atoms with Gasteiger partial charge >= 0.3 is 0 Å². The number of hydrogen-bond acceptors (Lipinski definition) is 4. The summed E-state index contributed by atoms with van der Waals surface area (Å²) in [6, 6.07) is 26.0. The fourth-order valence-corrected chi connectivity index (χ4v) is 5.45. The topological polar surface area (TPSA) is 54.2 Å². The van der Waals surface area contributed by atoms with Crippen molar-refractivity contribution in [3.63, 3.8) is 0 Å². The maximum atomic E-state index is 9.54. The van der Waals surface area contributed by atoms with Crippen LogP contribution in [0.4, 0.5) is 5.69 Å². The Balaban J connectivity index is 1.58. The van der Waals surface area contributed by atoms with Gasteiger partial charge in [-0.05, 0) is 48.6 Å². The Bertz CT molecular complexity index is 1740. The van der Waals surface area contributed by atoms with E-state index in [4.69, 9.17) is 22.6 Å². The van der Waals surface area contributed by atoms with Crippen molar-refractivity contribution in [2.45, 2.75) is 52.1 Å². The Labute approximate surface area is 273 Å². The number of benzene rings is 3. The van der Waals surface area contributed by atoms with Gasteiger partial charge < -0.3 is 14.4 Å². The van der Waals surface area contributed by atoms with Gasteiger partial charge in [-0.15, -0.1) is 0 Å². The molecule has 1 atom stereocenters. The number of anilines is 1. The van der Waals surface area contributed by atoms with Crippen LogP contribution in [0.15, 0.2) is 102 Å². The molecule has 0 spiro atoms. The highest BCUT2D eigenvalue weighted by Gasteiger charge is 2.43. The molecule has 1 aliphatic rings. The summed E-state index contributed by atoms with van der Waals surface area (Å²) in [5, 5.41) is 9.54. The number of unbranched alkanes of at least 4 members (excludes halogenated alkanes) is 2. The van der Waals surface area contributed by atoms with E-state index in [9.17, 15) is 5.26 Å². The molecular weight excluding hydrogens is 568 g/mol. The molecule has 0 bridgehead atoms. The van der Waals surface area contributed by atoms with Crippen LogP contribution in [0.1, 0.15) is 68.7 Å². The van der Waals surface area contributed by atoms with Crippen LogP contribution in [0.25, 0.3) is 27.9 Å². The third kappa shape index (κ3) is 7.58. The predicted molar refractivity (Wildman–Crippen MR) is 187 cm³/mol. The van der Waals surface area contributed by atoms with E-state index in [1.807, 2.05) is 79.7 Å². The Morgan fingerprint density at radius 2 is 1.54 bits per heavy atom. The van der Waals surface area contributed by atoms with Crippen molar-refractivity contribution >= 4 is 23.9 Å². The van der Waals surface area contributed by atoms with E-state index in [2.05, 4.69) is 58.8 Å². The molecule has 0 N–H and O–H groups in total. The molecule has 1 aliphatic heterocycles. The van der Waals surface area contributed by atoms with Gasteiger partial charge in [0, 0.05) is 36.0 Å². The zero-order valence-electron chi connectivity index (χ0n) is 27.1. The van der Waals surface area contributed by atoms with Gasteiger partial charge in [0.05, 0.1) is 26.3 Å². The van der Waals surface area contributed by atoms with Gasteiger partial charge in [0.2, 0.25) is 5.70 Å². The van der Waals surface area contributed by atoms with Gasteiger partial charge in [0.1, 0.15) is 17.1 Å². The summed E-state index contributed by atoms with van der Waals surface area (Å²) in [5.74, 6) is 0.874. The standard InChI is InChI=1S/C40H40N4O2/c1-7-9-26-44(27-10-8-2)34-24-23-32(37(28-34)45-6)22-20-30-16-18-31(19-17-30)21-25-35-38(43-5)39(36(29-41)42-4)46-40(35,3)33-14-12-11-13-15-33/h11-25,28H,7-10,26-27H2,1-3,6H3/b22-20+,25-21+,39-36+. The fraction of sp³-hybridized carbons (Fsp3) is 0.275. The number of rotatable bonds is 13. The summed E-state index contributed by atoms with van der Waals surface area (Å²) in [7, 11) is 1.72. The Morgan fingerprint density at radius 1 is 0.913 bits per heavy atom. The minimum Gasteiger partial charge on any atom is -0.500 e. The smallest absolute Gasteiger partial charge is 0.292 e. The quantitative estimate of drug-likeness (QED) is 0.110. The van der Waals surface area contributed by atoms with Gasteiger partial charge in [0.15, 0.2) is 0 Å². The molecule has 0 aliphatic carbocycles. The molecule has 1 heterocycles. The Hall–Kier alpha value is -5.51. The van der Waals surface area contributed by atoms with Gasteiger partial charge in [-0.25, -0.2) is 15.0 Å². The maximum Gasteiger partial charge on any atom is 0.292 e. The van der Waals surface area contributed by atoms with Crippen LogP contribution >= 0.6 is 0 Å². The van der Waals surface area contributed by atoms with Gasteiger partial charge in [-0.3, -0.25) is 0 Å². The number of nitrogens with zero attached hydrogens (tertiary/aromatic N) is 4. The lowest BCUT2D eigenvalue weighted by Gasteiger charge is -2.28. The van der Waals surface area contributed by atoms with Gasteiger partial charge in [0.25, 0.3) is 5.70 Å². The highest BCUT2D eigenvalue weighted by atomic mass is 16.5. The summed E-state index contributed by atoms with van der Waals surface area (Å²) < 4.78 is 12.0. The van der Waals surface area contributed by atoms with Crippen LogP contribution in [-0.4, -0.2) is 20.2 Å². The van der Waals surface area contributed by atoms with Crippen molar-refractivity contribution in [2.24, 2.45) is 0 Å².